The second kappa shape index (κ2) is 7.35. The third-order valence-electron chi connectivity index (χ3n) is 4.05. The molecule has 2 unspecified atom stereocenters. The molecule has 2 rings (SSSR count). The summed E-state index contributed by atoms with van der Waals surface area (Å²) in [6, 6.07) is 3.56. The van der Waals surface area contributed by atoms with Crippen molar-refractivity contribution in [1.82, 2.24) is 10.6 Å². The van der Waals surface area contributed by atoms with Crippen LogP contribution in [-0.4, -0.2) is 46.4 Å². The van der Waals surface area contributed by atoms with E-state index in [2.05, 4.69) is 17.6 Å². The standard InChI is InChI=1S/C16H24N2O4/c1-10-9-17-8-7-12(10)18-16(19)11-5-6-13(20-2)15(22-4)14(11)21-3/h5-6,10,12,17H,7-9H2,1-4H3,(H,18,19). The summed E-state index contributed by atoms with van der Waals surface area (Å²) >= 11 is 0. The zero-order valence-corrected chi connectivity index (χ0v) is 13.6. The average Bonchev–Trinajstić information content (AvgIpc) is 2.55. The Morgan fingerprint density at radius 2 is 1.91 bits per heavy atom. The molecule has 1 aromatic carbocycles. The molecule has 1 fully saturated rings. The minimum absolute atomic E-state index is 0.156. The van der Waals surface area contributed by atoms with Crippen LogP contribution in [0.15, 0.2) is 12.1 Å². The molecule has 1 aliphatic heterocycles. The molecule has 2 atom stereocenters. The van der Waals surface area contributed by atoms with E-state index in [-0.39, 0.29) is 11.9 Å². The highest BCUT2D eigenvalue weighted by Crippen LogP contribution is 2.39. The highest BCUT2D eigenvalue weighted by atomic mass is 16.5. The van der Waals surface area contributed by atoms with Crippen LogP contribution in [0.3, 0.4) is 0 Å². The second-order valence-corrected chi connectivity index (χ2v) is 5.43. The fraction of sp³-hybridized carbons (Fsp3) is 0.562. The fourth-order valence-electron chi connectivity index (χ4n) is 2.75. The number of amides is 1. The number of hydrogen-bond donors (Lipinski definition) is 2. The Morgan fingerprint density at radius 1 is 1.18 bits per heavy atom. The van der Waals surface area contributed by atoms with Crippen LogP contribution in [0.2, 0.25) is 0 Å². The summed E-state index contributed by atoms with van der Waals surface area (Å²) in [5.41, 5.74) is 0.450. The van der Waals surface area contributed by atoms with Crippen LogP contribution < -0.4 is 24.8 Å². The van der Waals surface area contributed by atoms with Crippen LogP contribution in [0, 0.1) is 5.92 Å². The van der Waals surface area contributed by atoms with Crippen molar-refractivity contribution in [1.29, 1.82) is 0 Å². The largest absolute Gasteiger partial charge is 0.493 e. The molecular formula is C16H24N2O4. The molecule has 0 saturated carbocycles. The van der Waals surface area contributed by atoms with Crippen LogP contribution in [0.25, 0.3) is 0 Å². The average molecular weight is 308 g/mol. The predicted molar refractivity (Wildman–Crippen MR) is 84.0 cm³/mol. The quantitative estimate of drug-likeness (QED) is 0.861. The number of ether oxygens (including phenoxy) is 3. The van der Waals surface area contributed by atoms with Gasteiger partial charge in [0.15, 0.2) is 11.5 Å². The first-order valence-electron chi connectivity index (χ1n) is 7.42. The molecule has 1 aromatic rings. The van der Waals surface area contributed by atoms with Gasteiger partial charge in [0.2, 0.25) is 5.75 Å². The summed E-state index contributed by atoms with van der Waals surface area (Å²) in [4.78, 5) is 12.6. The highest BCUT2D eigenvalue weighted by molar-refractivity contribution is 5.98. The molecule has 2 N–H and O–H groups in total. The van der Waals surface area contributed by atoms with E-state index < -0.39 is 0 Å². The molecular weight excluding hydrogens is 284 g/mol. The third kappa shape index (κ3) is 3.27. The molecule has 22 heavy (non-hydrogen) atoms. The van der Waals surface area contributed by atoms with Gasteiger partial charge in [-0.25, -0.2) is 0 Å². The molecule has 0 aliphatic carbocycles. The summed E-state index contributed by atoms with van der Waals surface area (Å²) in [6.07, 6.45) is 0.919. The summed E-state index contributed by atoms with van der Waals surface area (Å²) < 4.78 is 15.9. The maximum absolute atomic E-state index is 12.6. The van der Waals surface area contributed by atoms with Gasteiger partial charge in [-0.3, -0.25) is 4.79 Å². The van der Waals surface area contributed by atoms with E-state index in [4.69, 9.17) is 14.2 Å². The molecule has 6 nitrogen and oxygen atoms in total. The number of methoxy groups -OCH3 is 3. The maximum Gasteiger partial charge on any atom is 0.255 e. The van der Waals surface area contributed by atoms with E-state index >= 15 is 0 Å². The summed E-state index contributed by atoms with van der Waals surface area (Å²) in [6.45, 7) is 3.95. The lowest BCUT2D eigenvalue weighted by Gasteiger charge is -2.30. The van der Waals surface area contributed by atoms with Crippen molar-refractivity contribution in [2.45, 2.75) is 19.4 Å². The van der Waals surface area contributed by atoms with Gasteiger partial charge in [0.25, 0.3) is 5.91 Å². The van der Waals surface area contributed by atoms with Crippen LogP contribution in [-0.2, 0) is 0 Å². The molecule has 1 saturated heterocycles. The second-order valence-electron chi connectivity index (χ2n) is 5.43. The Morgan fingerprint density at radius 3 is 2.50 bits per heavy atom. The van der Waals surface area contributed by atoms with Crippen LogP contribution >= 0.6 is 0 Å². The number of rotatable bonds is 5. The predicted octanol–water partition coefficient (Wildman–Crippen LogP) is 1.44. The van der Waals surface area contributed by atoms with E-state index in [0.29, 0.717) is 28.7 Å². The van der Waals surface area contributed by atoms with Gasteiger partial charge in [-0.2, -0.15) is 0 Å². The molecule has 0 radical (unpaired) electrons. The Kier molecular flexibility index (Phi) is 5.49. The summed E-state index contributed by atoms with van der Waals surface area (Å²) in [5, 5.41) is 6.41. The normalized spacial score (nSPS) is 21.1. The van der Waals surface area contributed by atoms with Gasteiger partial charge in [-0.1, -0.05) is 6.92 Å². The van der Waals surface area contributed by atoms with E-state index in [1.54, 1.807) is 19.2 Å². The fourth-order valence-corrected chi connectivity index (χ4v) is 2.75. The Hall–Kier alpha value is -1.95. The van der Waals surface area contributed by atoms with Gasteiger partial charge in [-0.05, 0) is 37.6 Å². The highest BCUT2D eigenvalue weighted by Gasteiger charge is 2.26. The van der Waals surface area contributed by atoms with Crippen LogP contribution in [0.1, 0.15) is 23.7 Å². The lowest BCUT2D eigenvalue weighted by Crippen LogP contribution is -2.48. The number of carbonyl (C=O) groups is 1. The smallest absolute Gasteiger partial charge is 0.255 e. The number of benzene rings is 1. The minimum atomic E-state index is -0.156. The monoisotopic (exact) mass is 308 g/mol. The van der Waals surface area contributed by atoms with Gasteiger partial charge in [0.1, 0.15) is 0 Å². The van der Waals surface area contributed by atoms with Crippen molar-refractivity contribution in [2.75, 3.05) is 34.4 Å². The van der Waals surface area contributed by atoms with Gasteiger partial charge in [0.05, 0.1) is 26.9 Å². The SMILES string of the molecule is COc1ccc(C(=O)NC2CCNCC2C)c(OC)c1OC. The van der Waals surface area contributed by atoms with Gasteiger partial charge in [0, 0.05) is 6.04 Å². The van der Waals surface area contributed by atoms with E-state index in [1.807, 2.05) is 0 Å². The first-order chi connectivity index (χ1) is 10.6. The topological polar surface area (TPSA) is 68.8 Å². The summed E-state index contributed by atoms with van der Waals surface area (Å²) in [7, 11) is 4.59. The molecule has 122 valence electrons. The first-order valence-corrected chi connectivity index (χ1v) is 7.42. The van der Waals surface area contributed by atoms with Gasteiger partial charge < -0.3 is 24.8 Å². The van der Waals surface area contributed by atoms with Crippen LogP contribution in [0.4, 0.5) is 0 Å². The lowest BCUT2D eigenvalue weighted by molar-refractivity contribution is 0.0910. The zero-order valence-electron chi connectivity index (χ0n) is 13.6. The number of nitrogens with one attached hydrogen (secondary N) is 2. The van der Waals surface area contributed by atoms with E-state index in [1.165, 1.54) is 14.2 Å². The Labute approximate surface area is 131 Å². The van der Waals surface area contributed by atoms with E-state index in [9.17, 15) is 4.79 Å². The maximum atomic E-state index is 12.6. The third-order valence-corrected chi connectivity index (χ3v) is 4.05. The molecule has 1 amide bonds. The minimum Gasteiger partial charge on any atom is -0.493 e. The van der Waals surface area contributed by atoms with Crippen molar-refractivity contribution in [2.24, 2.45) is 5.92 Å². The van der Waals surface area contributed by atoms with Crippen molar-refractivity contribution in [3.05, 3.63) is 17.7 Å². The number of piperidine rings is 1. The Bertz CT molecular complexity index is 533. The van der Waals surface area contributed by atoms with Gasteiger partial charge in [-0.15, -0.1) is 0 Å². The molecule has 0 aromatic heterocycles. The summed E-state index contributed by atoms with van der Waals surface area (Å²) in [5.74, 6) is 1.59. The molecule has 1 heterocycles. The molecule has 6 heteroatoms. The van der Waals surface area contributed by atoms with E-state index in [0.717, 1.165) is 19.5 Å². The van der Waals surface area contributed by atoms with Crippen LogP contribution in [0.5, 0.6) is 17.2 Å². The molecule has 0 spiro atoms. The van der Waals surface area contributed by atoms with Crippen molar-refractivity contribution < 1.29 is 19.0 Å². The zero-order chi connectivity index (χ0) is 16.1. The lowest BCUT2D eigenvalue weighted by atomic mass is 9.95. The van der Waals surface area contributed by atoms with Gasteiger partial charge >= 0.3 is 0 Å². The first kappa shape index (κ1) is 16.4. The molecule has 0 bridgehead atoms. The van der Waals surface area contributed by atoms with Crippen molar-refractivity contribution >= 4 is 5.91 Å². The van der Waals surface area contributed by atoms with Crippen molar-refractivity contribution in [3.63, 3.8) is 0 Å². The van der Waals surface area contributed by atoms with Crippen molar-refractivity contribution in [3.8, 4) is 17.2 Å². The molecule has 1 aliphatic rings. The number of hydrogen-bond acceptors (Lipinski definition) is 5. The number of carbonyl (C=O) groups excluding carboxylic acids is 1. The Balaban J connectivity index is 2.25.